The zero-order chi connectivity index (χ0) is 8.69. The molecule has 62 valence electrons. The van der Waals surface area contributed by atoms with E-state index in [0.29, 0.717) is 6.61 Å². The van der Waals surface area contributed by atoms with Gasteiger partial charge in [0.25, 0.3) is 0 Å². The average Bonchev–Trinajstić information content (AvgIpc) is 1.87. The number of hydrogen-bond acceptors (Lipinski definition) is 3. The number of nitrogens with one attached hydrogen (secondary N) is 1. The van der Waals surface area contributed by atoms with Crippen LogP contribution in [-0.2, 0) is 9.53 Å². The Kier molecular flexibility index (Phi) is 5.13. The molecule has 1 amide bonds. The van der Waals surface area contributed by atoms with Crippen molar-refractivity contribution in [3.63, 3.8) is 0 Å². The van der Waals surface area contributed by atoms with Gasteiger partial charge in [0.2, 0.25) is 5.91 Å². The van der Waals surface area contributed by atoms with Crippen LogP contribution in [0.5, 0.6) is 0 Å². The summed E-state index contributed by atoms with van der Waals surface area (Å²) in [5.74, 6) is -0.253. The van der Waals surface area contributed by atoms with E-state index in [1.165, 1.54) is 0 Å². The van der Waals surface area contributed by atoms with Crippen LogP contribution < -0.4 is 5.32 Å². The van der Waals surface area contributed by atoms with E-state index in [-0.39, 0.29) is 18.4 Å². The first-order valence-corrected chi connectivity index (χ1v) is 3.36. The Morgan fingerprint density at radius 2 is 2.45 bits per heavy atom. The minimum absolute atomic E-state index is 0.0270. The van der Waals surface area contributed by atoms with Gasteiger partial charge in [0, 0.05) is 13.2 Å². The molecule has 0 rings (SSSR count). The number of amides is 1. The molecule has 0 spiro atoms. The van der Waals surface area contributed by atoms with Crippen LogP contribution in [0, 0.1) is 11.3 Å². The average molecular weight is 156 g/mol. The molecule has 0 fully saturated rings. The van der Waals surface area contributed by atoms with Gasteiger partial charge in [-0.25, -0.2) is 0 Å². The largest absolute Gasteiger partial charge is 0.383 e. The Bertz CT molecular complexity index is 162. The van der Waals surface area contributed by atoms with Crippen molar-refractivity contribution in [1.29, 1.82) is 5.26 Å². The Morgan fingerprint density at radius 1 is 1.82 bits per heavy atom. The summed E-state index contributed by atoms with van der Waals surface area (Å²) in [7, 11) is 1.56. The standard InChI is InChI=1S/C7H12N2O2/c1-6(5-11-2)9-7(10)3-4-8/h6H,3,5H2,1-2H3,(H,9,10)/t6-/m0/s1. The molecule has 0 aliphatic rings. The lowest BCUT2D eigenvalue weighted by molar-refractivity contribution is -0.121. The van der Waals surface area contributed by atoms with Gasteiger partial charge in [0.1, 0.15) is 6.42 Å². The van der Waals surface area contributed by atoms with Gasteiger partial charge < -0.3 is 10.1 Å². The topological polar surface area (TPSA) is 62.1 Å². The van der Waals surface area contributed by atoms with Gasteiger partial charge in [-0.3, -0.25) is 4.79 Å². The number of rotatable bonds is 4. The summed E-state index contributed by atoms with van der Waals surface area (Å²) in [6, 6.07) is 1.74. The number of nitrogens with zero attached hydrogens (tertiary/aromatic N) is 1. The maximum absolute atomic E-state index is 10.7. The number of nitriles is 1. The van der Waals surface area contributed by atoms with E-state index in [9.17, 15) is 4.79 Å². The van der Waals surface area contributed by atoms with Gasteiger partial charge >= 0.3 is 0 Å². The van der Waals surface area contributed by atoms with E-state index in [1.807, 2.05) is 6.92 Å². The third kappa shape index (κ3) is 5.37. The molecule has 1 atom stereocenters. The Morgan fingerprint density at radius 3 is 2.91 bits per heavy atom. The molecular formula is C7H12N2O2. The van der Waals surface area contributed by atoms with Crippen LogP contribution in [-0.4, -0.2) is 25.7 Å². The van der Waals surface area contributed by atoms with Crippen molar-refractivity contribution in [2.75, 3.05) is 13.7 Å². The van der Waals surface area contributed by atoms with E-state index in [2.05, 4.69) is 5.32 Å². The number of carbonyl (C=O) groups excluding carboxylic acids is 1. The van der Waals surface area contributed by atoms with Crippen LogP contribution in [0.1, 0.15) is 13.3 Å². The molecule has 0 bridgehead atoms. The maximum atomic E-state index is 10.7. The van der Waals surface area contributed by atoms with Crippen LogP contribution in [0.15, 0.2) is 0 Å². The summed E-state index contributed by atoms with van der Waals surface area (Å²) in [6.07, 6.45) is -0.0892. The zero-order valence-electron chi connectivity index (χ0n) is 6.76. The van der Waals surface area contributed by atoms with E-state index < -0.39 is 0 Å². The highest BCUT2D eigenvalue weighted by atomic mass is 16.5. The first kappa shape index (κ1) is 9.92. The van der Waals surface area contributed by atoms with Crippen LogP contribution in [0.25, 0.3) is 0 Å². The molecule has 0 aliphatic carbocycles. The number of carbonyl (C=O) groups is 1. The molecule has 0 radical (unpaired) electrons. The van der Waals surface area contributed by atoms with Crippen LogP contribution in [0.2, 0.25) is 0 Å². The minimum Gasteiger partial charge on any atom is -0.383 e. The fraction of sp³-hybridized carbons (Fsp3) is 0.714. The van der Waals surface area contributed by atoms with E-state index in [1.54, 1.807) is 13.2 Å². The quantitative estimate of drug-likeness (QED) is 0.625. The third-order valence-electron chi connectivity index (χ3n) is 1.06. The number of hydrogen-bond donors (Lipinski definition) is 1. The summed E-state index contributed by atoms with van der Waals surface area (Å²) in [6.45, 7) is 2.29. The van der Waals surface area contributed by atoms with Crippen LogP contribution in [0.3, 0.4) is 0 Å². The number of ether oxygens (including phenoxy) is 1. The second-order valence-corrected chi connectivity index (χ2v) is 2.26. The molecule has 1 N–H and O–H groups in total. The molecular weight excluding hydrogens is 144 g/mol. The fourth-order valence-electron chi connectivity index (χ4n) is 0.689. The predicted octanol–water partition coefficient (Wildman–Crippen LogP) is 0.0512. The SMILES string of the molecule is COC[C@H](C)NC(=O)CC#N. The molecule has 0 saturated carbocycles. The fourth-order valence-corrected chi connectivity index (χ4v) is 0.689. The number of methoxy groups -OCH3 is 1. The van der Waals surface area contributed by atoms with Gasteiger partial charge in [-0.15, -0.1) is 0 Å². The van der Waals surface area contributed by atoms with E-state index in [4.69, 9.17) is 10.00 Å². The predicted molar refractivity (Wildman–Crippen MR) is 39.7 cm³/mol. The van der Waals surface area contributed by atoms with Crippen molar-refractivity contribution in [3.05, 3.63) is 0 Å². The van der Waals surface area contributed by atoms with Crippen molar-refractivity contribution in [2.45, 2.75) is 19.4 Å². The molecule has 0 saturated heterocycles. The minimum atomic E-state index is -0.253. The Hall–Kier alpha value is -1.08. The van der Waals surface area contributed by atoms with E-state index in [0.717, 1.165) is 0 Å². The van der Waals surface area contributed by atoms with Crippen molar-refractivity contribution in [2.24, 2.45) is 0 Å². The molecule has 0 aromatic carbocycles. The molecule has 4 heteroatoms. The molecule has 4 nitrogen and oxygen atoms in total. The first-order valence-electron chi connectivity index (χ1n) is 3.36. The summed E-state index contributed by atoms with van der Waals surface area (Å²) in [5.41, 5.74) is 0. The summed E-state index contributed by atoms with van der Waals surface area (Å²) >= 11 is 0. The lowest BCUT2D eigenvalue weighted by Gasteiger charge is -2.10. The third-order valence-corrected chi connectivity index (χ3v) is 1.06. The molecule has 0 aromatic heterocycles. The van der Waals surface area contributed by atoms with E-state index >= 15 is 0 Å². The normalized spacial score (nSPS) is 11.7. The smallest absolute Gasteiger partial charge is 0.234 e. The van der Waals surface area contributed by atoms with Crippen molar-refractivity contribution in [3.8, 4) is 6.07 Å². The molecule has 11 heavy (non-hydrogen) atoms. The lowest BCUT2D eigenvalue weighted by Crippen LogP contribution is -2.35. The van der Waals surface area contributed by atoms with Gasteiger partial charge in [-0.05, 0) is 6.92 Å². The maximum Gasteiger partial charge on any atom is 0.234 e. The van der Waals surface area contributed by atoms with Gasteiger partial charge in [0.15, 0.2) is 0 Å². The molecule has 0 heterocycles. The van der Waals surface area contributed by atoms with Crippen LogP contribution in [0.4, 0.5) is 0 Å². The first-order chi connectivity index (χ1) is 5.20. The van der Waals surface area contributed by atoms with Crippen LogP contribution >= 0.6 is 0 Å². The molecule has 0 aromatic rings. The van der Waals surface area contributed by atoms with Crippen molar-refractivity contribution < 1.29 is 9.53 Å². The highest BCUT2D eigenvalue weighted by Crippen LogP contribution is 1.84. The molecule has 0 aliphatic heterocycles. The summed E-state index contributed by atoms with van der Waals surface area (Å²) < 4.78 is 4.79. The monoisotopic (exact) mass is 156 g/mol. The van der Waals surface area contributed by atoms with Crippen molar-refractivity contribution >= 4 is 5.91 Å². The lowest BCUT2D eigenvalue weighted by atomic mass is 10.3. The highest BCUT2D eigenvalue weighted by molar-refractivity contribution is 5.78. The van der Waals surface area contributed by atoms with Crippen molar-refractivity contribution in [1.82, 2.24) is 5.32 Å². The van der Waals surface area contributed by atoms with Gasteiger partial charge in [-0.2, -0.15) is 5.26 Å². The second-order valence-electron chi connectivity index (χ2n) is 2.26. The zero-order valence-corrected chi connectivity index (χ0v) is 6.76. The Labute approximate surface area is 66.1 Å². The Balaban J connectivity index is 3.50. The summed E-state index contributed by atoms with van der Waals surface area (Å²) in [5, 5.41) is 10.7. The van der Waals surface area contributed by atoms with Gasteiger partial charge in [0.05, 0.1) is 12.7 Å². The second kappa shape index (κ2) is 5.69. The summed E-state index contributed by atoms with van der Waals surface area (Å²) in [4.78, 5) is 10.7. The molecule has 0 unspecified atom stereocenters. The van der Waals surface area contributed by atoms with Gasteiger partial charge in [-0.1, -0.05) is 0 Å². The highest BCUT2D eigenvalue weighted by Gasteiger charge is 2.04.